The van der Waals surface area contributed by atoms with Crippen LogP contribution in [-0.2, 0) is 0 Å². The number of fused-ring (bicyclic) bond motifs is 2. The Morgan fingerprint density at radius 1 is 0.767 bits per heavy atom. The summed E-state index contributed by atoms with van der Waals surface area (Å²) < 4.78 is 8.24. The molecule has 0 unspecified atom stereocenters. The zero-order chi connectivity index (χ0) is 20.8. The van der Waals surface area contributed by atoms with E-state index in [0.717, 1.165) is 33.4 Å². The predicted octanol–water partition coefficient (Wildman–Crippen LogP) is 7.69. The molecule has 0 aliphatic carbocycles. The van der Waals surface area contributed by atoms with E-state index in [-0.39, 0.29) is 0 Å². The molecule has 0 atom stereocenters. The zero-order valence-corrected chi connectivity index (χ0v) is 17.9. The lowest BCUT2D eigenvalue weighted by atomic mass is 9.92. The maximum absolute atomic E-state index is 5.89. The monoisotopic (exact) mass is 394 g/mol. The largest absolute Gasteiger partial charge is 0.464 e. The highest BCUT2D eigenvalue weighted by atomic mass is 16.3. The normalized spacial score (nSPS) is 11.9. The van der Waals surface area contributed by atoms with Crippen molar-refractivity contribution in [3.05, 3.63) is 84.1 Å². The van der Waals surface area contributed by atoms with E-state index >= 15 is 0 Å². The number of benzene rings is 3. The van der Waals surface area contributed by atoms with E-state index in [4.69, 9.17) is 9.40 Å². The van der Waals surface area contributed by atoms with Gasteiger partial charge in [-0.2, -0.15) is 0 Å². The number of hydrogen-bond acceptors (Lipinski definition) is 2. The van der Waals surface area contributed by atoms with Gasteiger partial charge < -0.3 is 4.42 Å². The van der Waals surface area contributed by atoms with Crippen molar-refractivity contribution in [2.75, 3.05) is 0 Å². The van der Waals surface area contributed by atoms with Crippen molar-refractivity contribution in [2.45, 2.75) is 39.5 Å². The first kappa shape index (κ1) is 18.7. The number of aromatic nitrogens is 2. The lowest BCUT2D eigenvalue weighted by Crippen LogP contribution is -2.08. The quantitative estimate of drug-likeness (QED) is 0.313. The summed E-state index contributed by atoms with van der Waals surface area (Å²) in [4.78, 5) is 5.09. The molecule has 0 fully saturated rings. The van der Waals surface area contributed by atoms with Gasteiger partial charge in [-0.1, -0.05) is 76.2 Å². The van der Waals surface area contributed by atoms with E-state index in [1.807, 2.05) is 18.4 Å². The van der Waals surface area contributed by atoms with Gasteiger partial charge in [0.15, 0.2) is 0 Å². The van der Waals surface area contributed by atoms with Crippen molar-refractivity contribution in [1.82, 2.24) is 9.55 Å². The Hall–Kier alpha value is -3.33. The summed E-state index contributed by atoms with van der Waals surface area (Å²) in [6, 6.07) is 23.2. The lowest BCUT2D eigenvalue weighted by Gasteiger charge is -2.22. The zero-order valence-electron chi connectivity index (χ0n) is 17.9. The molecule has 0 bridgehead atoms. The van der Waals surface area contributed by atoms with E-state index < -0.39 is 0 Å². The van der Waals surface area contributed by atoms with E-state index in [1.165, 1.54) is 16.8 Å². The molecule has 3 aromatic carbocycles. The van der Waals surface area contributed by atoms with Crippen LogP contribution in [0.25, 0.3) is 39.1 Å². The number of para-hydroxylation sites is 4. The fourth-order valence-electron chi connectivity index (χ4n) is 4.35. The molecule has 5 aromatic rings. The molecule has 2 heterocycles. The maximum atomic E-state index is 5.89. The average molecular weight is 395 g/mol. The standard InChI is InChI=1S/C27H26N2O/c1-17(2)19-11-9-12-20(18(3)4)26(19)29-24-14-7-6-13-23(24)28-27(29)22-16-30-25-15-8-5-10-21(22)25/h5-18H,1-4H3. The van der Waals surface area contributed by atoms with E-state index in [0.29, 0.717) is 11.8 Å². The third-order valence-corrected chi connectivity index (χ3v) is 5.85. The minimum Gasteiger partial charge on any atom is -0.464 e. The van der Waals surface area contributed by atoms with Gasteiger partial charge in [0.2, 0.25) is 0 Å². The van der Waals surface area contributed by atoms with Crippen molar-refractivity contribution in [3.8, 4) is 17.1 Å². The van der Waals surface area contributed by atoms with Crippen LogP contribution in [0.4, 0.5) is 0 Å². The minimum atomic E-state index is 0.397. The van der Waals surface area contributed by atoms with Crippen molar-refractivity contribution in [2.24, 2.45) is 0 Å². The minimum absolute atomic E-state index is 0.397. The first-order valence-electron chi connectivity index (χ1n) is 10.6. The number of imidazole rings is 1. The van der Waals surface area contributed by atoms with E-state index in [2.05, 4.69) is 86.9 Å². The Labute approximate surface area is 177 Å². The molecule has 0 amide bonds. The average Bonchev–Trinajstić information content (AvgIpc) is 3.34. The predicted molar refractivity (Wildman–Crippen MR) is 124 cm³/mol. The van der Waals surface area contributed by atoms with Crippen LogP contribution in [0.2, 0.25) is 0 Å². The number of rotatable bonds is 4. The summed E-state index contributed by atoms with van der Waals surface area (Å²) >= 11 is 0. The van der Waals surface area contributed by atoms with Crippen LogP contribution in [0.3, 0.4) is 0 Å². The molecular weight excluding hydrogens is 368 g/mol. The smallest absolute Gasteiger partial charge is 0.149 e. The summed E-state index contributed by atoms with van der Waals surface area (Å²) in [5.74, 6) is 1.72. The van der Waals surface area contributed by atoms with Crippen LogP contribution in [0.1, 0.15) is 50.7 Å². The Morgan fingerprint density at radius 3 is 2.17 bits per heavy atom. The van der Waals surface area contributed by atoms with Gasteiger partial charge in [0.1, 0.15) is 17.7 Å². The third kappa shape index (κ3) is 2.85. The third-order valence-electron chi connectivity index (χ3n) is 5.85. The van der Waals surface area contributed by atoms with Crippen LogP contribution in [0.5, 0.6) is 0 Å². The van der Waals surface area contributed by atoms with Crippen molar-refractivity contribution >= 4 is 22.0 Å². The second-order valence-corrected chi connectivity index (χ2v) is 8.50. The molecule has 5 rings (SSSR count). The van der Waals surface area contributed by atoms with E-state index in [1.54, 1.807) is 0 Å². The number of nitrogens with zero attached hydrogens (tertiary/aromatic N) is 2. The van der Waals surface area contributed by atoms with Gasteiger partial charge >= 0.3 is 0 Å². The Balaban J connectivity index is 1.93. The Morgan fingerprint density at radius 2 is 1.43 bits per heavy atom. The molecular formula is C27H26N2O. The van der Waals surface area contributed by atoms with Crippen LogP contribution < -0.4 is 0 Å². The molecule has 0 saturated carbocycles. The lowest BCUT2D eigenvalue weighted by molar-refractivity contribution is 0.616. The second kappa shape index (κ2) is 7.17. The molecule has 3 heteroatoms. The highest BCUT2D eigenvalue weighted by Crippen LogP contribution is 2.39. The number of hydrogen-bond donors (Lipinski definition) is 0. The molecule has 3 nitrogen and oxygen atoms in total. The molecule has 0 radical (unpaired) electrons. The van der Waals surface area contributed by atoms with Crippen molar-refractivity contribution in [3.63, 3.8) is 0 Å². The van der Waals surface area contributed by atoms with Gasteiger partial charge in [0.25, 0.3) is 0 Å². The second-order valence-electron chi connectivity index (χ2n) is 8.50. The molecule has 150 valence electrons. The van der Waals surface area contributed by atoms with Gasteiger partial charge in [-0.05, 0) is 41.2 Å². The molecule has 0 aliphatic rings. The van der Waals surface area contributed by atoms with Gasteiger partial charge in [0.05, 0.1) is 22.3 Å². The Bertz CT molecular complexity index is 1330. The molecule has 2 aromatic heterocycles. The molecule has 0 saturated heterocycles. The number of furan rings is 1. The van der Waals surface area contributed by atoms with Crippen LogP contribution in [0.15, 0.2) is 77.4 Å². The van der Waals surface area contributed by atoms with Gasteiger partial charge in [0, 0.05) is 5.39 Å². The highest BCUT2D eigenvalue weighted by molar-refractivity contribution is 5.95. The molecule has 30 heavy (non-hydrogen) atoms. The van der Waals surface area contributed by atoms with E-state index in [9.17, 15) is 0 Å². The van der Waals surface area contributed by atoms with Crippen LogP contribution >= 0.6 is 0 Å². The van der Waals surface area contributed by atoms with Gasteiger partial charge in [-0.15, -0.1) is 0 Å². The van der Waals surface area contributed by atoms with Gasteiger partial charge in [-0.25, -0.2) is 4.98 Å². The first-order valence-corrected chi connectivity index (χ1v) is 10.6. The maximum Gasteiger partial charge on any atom is 0.149 e. The fourth-order valence-corrected chi connectivity index (χ4v) is 4.35. The molecule has 0 aliphatic heterocycles. The SMILES string of the molecule is CC(C)c1cccc(C(C)C)c1-n1c(-c2coc3ccccc23)nc2ccccc21. The summed E-state index contributed by atoms with van der Waals surface area (Å²) in [6.45, 7) is 9.04. The topological polar surface area (TPSA) is 31.0 Å². The van der Waals surface area contributed by atoms with Crippen molar-refractivity contribution < 1.29 is 4.42 Å². The highest BCUT2D eigenvalue weighted by Gasteiger charge is 2.23. The van der Waals surface area contributed by atoms with Crippen LogP contribution in [0, 0.1) is 0 Å². The summed E-state index contributed by atoms with van der Waals surface area (Å²) in [6.07, 6.45) is 1.84. The van der Waals surface area contributed by atoms with Gasteiger partial charge in [-0.3, -0.25) is 4.57 Å². The fraction of sp³-hybridized carbons (Fsp3) is 0.222. The first-order chi connectivity index (χ1) is 14.6. The molecule has 0 spiro atoms. The van der Waals surface area contributed by atoms with Crippen molar-refractivity contribution in [1.29, 1.82) is 0 Å². The Kier molecular flexibility index (Phi) is 4.47. The summed E-state index contributed by atoms with van der Waals surface area (Å²) in [5.41, 5.74) is 7.93. The summed E-state index contributed by atoms with van der Waals surface area (Å²) in [7, 11) is 0. The molecule has 0 N–H and O–H groups in total. The van der Waals surface area contributed by atoms with Crippen LogP contribution in [-0.4, -0.2) is 9.55 Å². The summed E-state index contributed by atoms with van der Waals surface area (Å²) in [5, 5.41) is 1.09.